The first-order valence-electron chi connectivity index (χ1n) is 11.7. The highest BCUT2D eigenvalue weighted by Gasteiger charge is 2.22. The molecule has 0 aromatic carbocycles. The number of rotatable bonds is 18. The molecule has 0 radical (unpaired) electrons. The number of thioether (sulfide) groups is 1. The second-order valence-corrected chi connectivity index (χ2v) is 11.2. The lowest BCUT2D eigenvalue weighted by molar-refractivity contribution is -0.141. The first kappa shape index (κ1) is 33.3. The molecular formula is C25H40IN3O5S. The van der Waals surface area contributed by atoms with Crippen LogP contribution in [0, 0.1) is 0 Å². The van der Waals surface area contributed by atoms with Crippen LogP contribution in [-0.2, 0) is 19.2 Å². The van der Waals surface area contributed by atoms with Gasteiger partial charge in [-0.2, -0.15) is 11.8 Å². The molecule has 0 spiro atoms. The van der Waals surface area contributed by atoms with E-state index in [2.05, 4.69) is 72.2 Å². The van der Waals surface area contributed by atoms with Crippen molar-refractivity contribution in [1.29, 1.82) is 0 Å². The predicted molar refractivity (Wildman–Crippen MR) is 152 cm³/mol. The maximum absolute atomic E-state index is 12.2. The van der Waals surface area contributed by atoms with E-state index in [0.29, 0.717) is 5.75 Å². The Labute approximate surface area is 227 Å². The number of hydrogen-bond acceptors (Lipinski definition) is 6. The smallest absolute Gasteiger partial charge is 0.327 e. The zero-order valence-corrected chi connectivity index (χ0v) is 24.2. The topological polar surface area (TPSA) is 139 Å². The van der Waals surface area contributed by atoms with Gasteiger partial charge in [-0.25, -0.2) is 4.79 Å². The van der Waals surface area contributed by atoms with Crippen LogP contribution in [0.2, 0.25) is 0 Å². The fourth-order valence-corrected chi connectivity index (χ4v) is 4.37. The van der Waals surface area contributed by atoms with Crippen LogP contribution < -0.4 is 16.4 Å². The van der Waals surface area contributed by atoms with Gasteiger partial charge in [0.2, 0.25) is 11.8 Å². The van der Waals surface area contributed by atoms with Gasteiger partial charge in [-0.05, 0) is 79.0 Å². The molecule has 0 aliphatic rings. The number of hydrogen-bond donors (Lipinski definition) is 4. The summed E-state index contributed by atoms with van der Waals surface area (Å²) in [6.45, 7) is 7.34. The number of carbonyl (C=O) groups excluding carboxylic acids is 3. The molecule has 0 saturated carbocycles. The van der Waals surface area contributed by atoms with Gasteiger partial charge in [-0.15, -0.1) is 0 Å². The van der Waals surface area contributed by atoms with Crippen LogP contribution in [-0.4, -0.2) is 58.8 Å². The van der Waals surface area contributed by atoms with E-state index in [4.69, 9.17) is 5.73 Å². The third-order valence-electron chi connectivity index (χ3n) is 5.09. The van der Waals surface area contributed by atoms with Crippen LogP contribution >= 0.6 is 34.4 Å². The van der Waals surface area contributed by atoms with Crippen molar-refractivity contribution >= 4 is 57.9 Å². The van der Waals surface area contributed by atoms with Gasteiger partial charge in [0, 0.05) is 24.9 Å². The fraction of sp³-hybridized carbons (Fsp3) is 0.600. The molecule has 2 atom stereocenters. The Morgan fingerprint density at radius 3 is 2.06 bits per heavy atom. The van der Waals surface area contributed by atoms with Crippen LogP contribution in [0.15, 0.2) is 33.0 Å². The Kier molecular flexibility index (Phi) is 18.6. The van der Waals surface area contributed by atoms with Crippen molar-refractivity contribution in [2.24, 2.45) is 5.73 Å². The molecule has 0 aromatic heterocycles. The number of nitrogens with one attached hydrogen (secondary N) is 2. The second kappa shape index (κ2) is 19.5. The zero-order chi connectivity index (χ0) is 26.8. The first-order valence-corrected chi connectivity index (χ1v) is 13.9. The van der Waals surface area contributed by atoms with Crippen molar-refractivity contribution in [1.82, 2.24) is 10.6 Å². The molecule has 35 heavy (non-hydrogen) atoms. The van der Waals surface area contributed by atoms with Crippen LogP contribution in [0.25, 0.3) is 0 Å². The quantitative estimate of drug-likeness (QED) is 0.104. The van der Waals surface area contributed by atoms with Gasteiger partial charge < -0.3 is 21.5 Å². The van der Waals surface area contributed by atoms with Crippen LogP contribution in [0.1, 0.15) is 66.2 Å². The van der Waals surface area contributed by atoms with Gasteiger partial charge in [-0.1, -0.05) is 29.4 Å². The summed E-state index contributed by atoms with van der Waals surface area (Å²) >= 11 is 3.75. The molecule has 2 amide bonds. The van der Waals surface area contributed by atoms with Crippen molar-refractivity contribution in [2.75, 3.05) is 18.1 Å². The van der Waals surface area contributed by atoms with E-state index >= 15 is 0 Å². The molecule has 1 unspecified atom stereocenters. The van der Waals surface area contributed by atoms with E-state index < -0.39 is 29.9 Å². The van der Waals surface area contributed by atoms with Gasteiger partial charge in [0.15, 0.2) is 5.78 Å². The lowest BCUT2D eigenvalue weighted by Crippen LogP contribution is -2.45. The van der Waals surface area contributed by atoms with Gasteiger partial charge in [0.25, 0.3) is 0 Å². The van der Waals surface area contributed by atoms with E-state index in [0.717, 1.165) is 25.7 Å². The fourth-order valence-electron chi connectivity index (χ4n) is 3.05. The second-order valence-electron chi connectivity index (χ2n) is 8.43. The Morgan fingerprint density at radius 2 is 1.51 bits per heavy atom. The molecule has 8 nitrogen and oxygen atoms in total. The van der Waals surface area contributed by atoms with Crippen molar-refractivity contribution in [3.63, 3.8) is 0 Å². The Balaban J connectivity index is 4.46. The normalized spacial score (nSPS) is 14.3. The molecular weight excluding hydrogens is 581 g/mol. The molecule has 0 aromatic rings. The average Bonchev–Trinajstić information content (AvgIpc) is 2.77. The van der Waals surface area contributed by atoms with E-state index in [1.807, 2.05) is 0 Å². The number of carboxylic acids is 1. The Hall–Kier alpha value is -1.66. The van der Waals surface area contributed by atoms with Gasteiger partial charge in [0.1, 0.15) is 6.04 Å². The molecule has 0 aliphatic heterocycles. The Bertz CT molecular complexity index is 807. The minimum atomic E-state index is -1.11. The van der Waals surface area contributed by atoms with E-state index in [1.165, 1.54) is 33.4 Å². The molecule has 0 saturated heterocycles. The van der Waals surface area contributed by atoms with Crippen molar-refractivity contribution in [2.45, 2.75) is 78.3 Å². The molecule has 198 valence electrons. The van der Waals surface area contributed by atoms with Crippen LogP contribution in [0.3, 0.4) is 0 Å². The van der Waals surface area contributed by atoms with E-state index in [-0.39, 0.29) is 30.9 Å². The lowest BCUT2D eigenvalue weighted by atomic mass is 10.1. The average molecular weight is 622 g/mol. The number of Topliss-reactive ketones (excluding diaryl/α,β-unsaturated/α-hetero) is 1. The maximum Gasteiger partial charge on any atom is 0.327 e. The number of nitrogens with two attached hydrogens (primary N) is 1. The monoisotopic (exact) mass is 621 g/mol. The van der Waals surface area contributed by atoms with Gasteiger partial charge in [0.05, 0.1) is 12.6 Å². The van der Waals surface area contributed by atoms with Gasteiger partial charge in [-0.3, -0.25) is 14.4 Å². The SMILES string of the molecule is CC(=O)NC(CCC(=O)N[C@@H](CSC/C=C(\C)CC/C=C(\C)CC/C=C(\C)I)C(=O)O)C(=O)CN. The van der Waals surface area contributed by atoms with Crippen molar-refractivity contribution < 1.29 is 24.3 Å². The van der Waals surface area contributed by atoms with Crippen molar-refractivity contribution in [3.05, 3.63) is 33.0 Å². The number of allylic oxidation sites excluding steroid dienone is 5. The summed E-state index contributed by atoms with van der Waals surface area (Å²) in [6, 6.07) is -1.89. The third kappa shape index (κ3) is 18.3. The van der Waals surface area contributed by atoms with Crippen molar-refractivity contribution in [3.8, 4) is 0 Å². The molecule has 5 N–H and O–H groups in total. The highest BCUT2D eigenvalue weighted by atomic mass is 127. The van der Waals surface area contributed by atoms with Crippen LogP contribution in [0.5, 0.6) is 0 Å². The number of ketones is 1. The largest absolute Gasteiger partial charge is 0.480 e. The van der Waals surface area contributed by atoms with E-state index in [9.17, 15) is 24.3 Å². The summed E-state index contributed by atoms with van der Waals surface area (Å²) < 4.78 is 1.31. The Morgan fingerprint density at radius 1 is 0.914 bits per heavy atom. The first-order chi connectivity index (χ1) is 16.5. The lowest BCUT2D eigenvalue weighted by Gasteiger charge is -2.17. The highest BCUT2D eigenvalue weighted by Crippen LogP contribution is 2.14. The number of aliphatic carboxylic acids is 1. The maximum atomic E-state index is 12.2. The van der Waals surface area contributed by atoms with Crippen LogP contribution in [0.4, 0.5) is 0 Å². The number of halogens is 1. The minimum absolute atomic E-state index is 0.0609. The summed E-state index contributed by atoms with van der Waals surface area (Å²) in [5.74, 6) is -1.50. The predicted octanol–water partition coefficient (Wildman–Crippen LogP) is 3.89. The molecule has 10 heteroatoms. The zero-order valence-electron chi connectivity index (χ0n) is 21.2. The molecule has 0 bridgehead atoms. The third-order valence-corrected chi connectivity index (χ3v) is 6.50. The number of carboxylic acid groups (broad SMARTS) is 1. The van der Waals surface area contributed by atoms with E-state index in [1.54, 1.807) is 0 Å². The number of carbonyl (C=O) groups is 4. The summed E-state index contributed by atoms with van der Waals surface area (Å²) in [6.07, 6.45) is 10.6. The molecule has 0 rings (SSSR count). The summed E-state index contributed by atoms with van der Waals surface area (Å²) in [7, 11) is 0. The standard InChI is InChI=1S/C25H40IN3O5S/c1-17(9-6-10-19(3)26)7-5-8-18(2)13-14-35-16-22(25(33)34)29-24(32)12-11-21(23(31)15-27)28-20(4)30/h7,10,13,21-22H,5-6,8-9,11-12,14-16,27H2,1-4H3,(H,28,30)(H,29,32)(H,33,34)/b17-7+,18-13+,19-10+/t21?,22-/m0/s1. The molecule has 0 heterocycles. The molecule has 0 fully saturated rings. The van der Waals surface area contributed by atoms with Gasteiger partial charge >= 0.3 is 5.97 Å². The minimum Gasteiger partial charge on any atom is -0.480 e. The number of amides is 2. The summed E-state index contributed by atoms with van der Waals surface area (Å²) in [5, 5.41) is 14.4. The molecule has 0 aliphatic carbocycles. The summed E-state index contributed by atoms with van der Waals surface area (Å²) in [4.78, 5) is 46.8. The summed E-state index contributed by atoms with van der Waals surface area (Å²) in [5.41, 5.74) is 7.97. The highest BCUT2D eigenvalue weighted by molar-refractivity contribution is 14.1.